The van der Waals surface area contributed by atoms with Crippen molar-refractivity contribution in [2.45, 2.75) is 19.4 Å². The van der Waals surface area contributed by atoms with Gasteiger partial charge in [-0.05, 0) is 52.2 Å². The van der Waals surface area contributed by atoms with Crippen LogP contribution in [0.15, 0.2) is 53.3 Å². The number of nitrogens with one attached hydrogen (secondary N) is 2. The topological polar surface area (TPSA) is 101 Å². The summed E-state index contributed by atoms with van der Waals surface area (Å²) in [6.45, 7) is 2.09. The molecule has 0 saturated heterocycles. The Morgan fingerprint density at radius 2 is 1.86 bits per heavy atom. The van der Waals surface area contributed by atoms with Crippen LogP contribution in [0.5, 0.6) is 0 Å². The molecule has 0 spiro atoms. The van der Waals surface area contributed by atoms with Crippen LogP contribution in [0, 0.1) is 5.82 Å². The molecule has 2 aromatic heterocycles. The van der Waals surface area contributed by atoms with Crippen LogP contribution in [0.4, 0.5) is 16.0 Å². The Bertz CT molecular complexity index is 1250. The molecule has 9 heteroatoms. The number of H-pyrrole nitrogens is 1. The number of hydrogen-bond acceptors (Lipinski definition) is 6. The molecule has 29 heavy (non-hydrogen) atoms. The minimum absolute atomic E-state index is 0.325. The van der Waals surface area contributed by atoms with Crippen molar-refractivity contribution in [1.82, 2.24) is 30.4 Å². The number of anilines is 2. The van der Waals surface area contributed by atoms with Gasteiger partial charge in [-0.2, -0.15) is 9.78 Å². The van der Waals surface area contributed by atoms with Crippen LogP contribution in [0.2, 0.25) is 0 Å². The highest BCUT2D eigenvalue weighted by Crippen LogP contribution is 2.40. The number of nitrogens with zero attached hydrogens (tertiary/aromatic N) is 5. The average molecular weight is 389 g/mol. The molecule has 0 radical (unpaired) electrons. The van der Waals surface area contributed by atoms with Crippen molar-refractivity contribution in [2.24, 2.45) is 0 Å². The molecule has 8 nitrogen and oxygen atoms in total. The third kappa shape index (κ3) is 2.78. The Labute approximate surface area is 164 Å². The van der Waals surface area contributed by atoms with Gasteiger partial charge in [0.25, 0.3) is 5.56 Å². The highest BCUT2D eigenvalue weighted by molar-refractivity contribution is 5.75. The summed E-state index contributed by atoms with van der Waals surface area (Å²) in [6.07, 6.45) is 0.918. The quantitative estimate of drug-likeness (QED) is 0.492. The molecule has 0 aliphatic carbocycles. The summed E-state index contributed by atoms with van der Waals surface area (Å²) in [5.74, 6) is 0.0171. The van der Waals surface area contributed by atoms with Crippen LogP contribution in [0.1, 0.15) is 29.7 Å². The van der Waals surface area contributed by atoms with E-state index >= 15 is 0 Å². The number of rotatable bonds is 3. The number of tetrazole rings is 1. The highest BCUT2D eigenvalue weighted by atomic mass is 19.1. The van der Waals surface area contributed by atoms with Gasteiger partial charge in [0, 0.05) is 11.1 Å². The number of benzene rings is 2. The summed E-state index contributed by atoms with van der Waals surface area (Å²) in [5.41, 5.74) is 3.88. The summed E-state index contributed by atoms with van der Waals surface area (Å²) >= 11 is 0. The van der Waals surface area contributed by atoms with Crippen molar-refractivity contribution in [2.75, 3.05) is 5.32 Å². The van der Waals surface area contributed by atoms with Crippen molar-refractivity contribution in [3.8, 4) is 11.3 Å². The highest BCUT2D eigenvalue weighted by Gasteiger charge is 2.34. The maximum absolute atomic E-state index is 13.5. The van der Waals surface area contributed by atoms with Gasteiger partial charge in [0.2, 0.25) is 5.95 Å². The second-order valence-corrected chi connectivity index (χ2v) is 6.77. The Hall–Kier alpha value is -3.88. The van der Waals surface area contributed by atoms with Crippen LogP contribution >= 0.6 is 0 Å². The predicted octanol–water partition coefficient (Wildman–Crippen LogP) is 2.82. The van der Waals surface area contributed by atoms with Crippen molar-refractivity contribution < 1.29 is 4.39 Å². The largest absolute Gasteiger partial charge is 0.318 e. The van der Waals surface area contributed by atoms with Gasteiger partial charge in [0.15, 0.2) is 0 Å². The van der Waals surface area contributed by atoms with E-state index < -0.39 is 6.04 Å². The lowest BCUT2D eigenvalue weighted by molar-refractivity contribution is 0.567. The van der Waals surface area contributed by atoms with Gasteiger partial charge in [-0.15, -0.1) is 0 Å². The minimum atomic E-state index is -0.461. The van der Waals surface area contributed by atoms with Gasteiger partial charge in [-0.1, -0.05) is 36.3 Å². The average Bonchev–Trinajstić information content (AvgIpc) is 3.22. The van der Waals surface area contributed by atoms with Crippen LogP contribution < -0.4 is 10.9 Å². The van der Waals surface area contributed by atoms with E-state index in [2.05, 4.69) is 38.0 Å². The third-order valence-electron chi connectivity index (χ3n) is 5.09. The fourth-order valence-electron chi connectivity index (χ4n) is 3.61. The van der Waals surface area contributed by atoms with Gasteiger partial charge in [0.05, 0.1) is 5.69 Å². The van der Waals surface area contributed by atoms with Crippen LogP contribution in [-0.4, -0.2) is 30.4 Å². The molecule has 1 atom stereocenters. The van der Waals surface area contributed by atoms with Gasteiger partial charge in [0.1, 0.15) is 17.5 Å². The van der Waals surface area contributed by atoms with E-state index in [1.165, 1.54) is 17.7 Å². The summed E-state index contributed by atoms with van der Waals surface area (Å²) < 4.78 is 15.1. The number of aromatic nitrogens is 6. The predicted molar refractivity (Wildman–Crippen MR) is 104 cm³/mol. The SMILES string of the molecule is CCc1ccc(C2c3c(-c4ccc(F)cc4)n[nH]c(=O)c3Nc3nnnn32)cc1. The van der Waals surface area contributed by atoms with Gasteiger partial charge >= 0.3 is 0 Å². The van der Waals surface area contributed by atoms with E-state index in [1.807, 2.05) is 24.3 Å². The summed E-state index contributed by atoms with van der Waals surface area (Å²) in [7, 11) is 0. The maximum Gasteiger partial charge on any atom is 0.288 e. The molecule has 1 aliphatic heterocycles. The van der Waals surface area contributed by atoms with Crippen molar-refractivity contribution in [3.63, 3.8) is 0 Å². The summed E-state index contributed by atoms with van der Waals surface area (Å²) in [4.78, 5) is 12.6. The monoisotopic (exact) mass is 389 g/mol. The molecule has 0 fully saturated rings. The smallest absolute Gasteiger partial charge is 0.288 e. The minimum Gasteiger partial charge on any atom is -0.318 e. The molecular weight excluding hydrogens is 373 g/mol. The number of aryl methyl sites for hydroxylation is 1. The molecule has 5 rings (SSSR count). The van der Waals surface area contributed by atoms with Gasteiger partial charge < -0.3 is 5.32 Å². The lowest BCUT2D eigenvalue weighted by Gasteiger charge is -2.27. The first kappa shape index (κ1) is 17.2. The molecular formula is C20H16FN7O. The van der Waals surface area contributed by atoms with Gasteiger partial charge in [-0.25, -0.2) is 9.49 Å². The Balaban J connectivity index is 1.78. The van der Waals surface area contributed by atoms with E-state index in [4.69, 9.17) is 0 Å². The number of hydrogen-bond donors (Lipinski definition) is 2. The zero-order chi connectivity index (χ0) is 20.0. The molecule has 3 heterocycles. The standard InChI is InChI=1S/C20H16FN7O/c1-2-11-3-5-13(6-4-11)18-15-16(12-7-9-14(21)10-8-12)23-24-19(29)17(15)22-20-25-26-27-28(18)20/h3-10,18H,2H2,1H3,(H,24,29)(H,22,25,27). The van der Waals surface area contributed by atoms with Crippen molar-refractivity contribution in [3.05, 3.63) is 81.4 Å². The maximum atomic E-state index is 13.5. The number of aromatic amines is 1. The van der Waals surface area contributed by atoms with E-state index in [-0.39, 0.29) is 11.4 Å². The molecule has 144 valence electrons. The number of fused-ring (bicyclic) bond motifs is 2. The second kappa shape index (κ2) is 6.62. The third-order valence-corrected chi connectivity index (χ3v) is 5.09. The van der Waals surface area contributed by atoms with E-state index in [1.54, 1.807) is 16.8 Å². The Kier molecular flexibility index (Phi) is 3.94. The Morgan fingerprint density at radius 3 is 2.59 bits per heavy atom. The van der Waals surface area contributed by atoms with Crippen molar-refractivity contribution >= 4 is 11.6 Å². The van der Waals surface area contributed by atoms with Crippen LogP contribution in [0.3, 0.4) is 0 Å². The first-order valence-corrected chi connectivity index (χ1v) is 9.18. The van der Waals surface area contributed by atoms with Crippen molar-refractivity contribution in [1.29, 1.82) is 0 Å². The van der Waals surface area contributed by atoms with Crippen LogP contribution in [0.25, 0.3) is 11.3 Å². The van der Waals surface area contributed by atoms with E-state index in [0.717, 1.165) is 12.0 Å². The second-order valence-electron chi connectivity index (χ2n) is 6.77. The normalized spacial score (nSPS) is 14.8. The zero-order valence-electron chi connectivity index (χ0n) is 15.4. The lowest BCUT2D eigenvalue weighted by Crippen LogP contribution is -2.29. The zero-order valence-corrected chi connectivity index (χ0v) is 15.4. The first-order chi connectivity index (χ1) is 14.2. The lowest BCUT2D eigenvalue weighted by atomic mass is 9.92. The fraction of sp³-hybridized carbons (Fsp3) is 0.150. The molecule has 4 aromatic rings. The molecule has 1 unspecified atom stereocenters. The molecule has 0 amide bonds. The summed E-state index contributed by atoms with van der Waals surface area (Å²) in [5, 5.41) is 21.7. The molecule has 0 bridgehead atoms. The first-order valence-electron chi connectivity index (χ1n) is 9.18. The van der Waals surface area contributed by atoms with E-state index in [9.17, 15) is 9.18 Å². The summed E-state index contributed by atoms with van der Waals surface area (Å²) in [6, 6.07) is 13.6. The van der Waals surface area contributed by atoms with E-state index in [0.29, 0.717) is 28.5 Å². The van der Waals surface area contributed by atoms with Gasteiger partial charge in [-0.3, -0.25) is 4.79 Å². The fourth-order valence-corrected chi connectivity index (χ4v) is 3.61. The molecule has 0 saturated carbocycles. The van der Waals surface area contributed by atoms with Crippen LogP contribution in [-0.2, 0) is 6.42 Å². The Morgan fingerprint density at radius 1 is 1.10 bits per heavy atom. The number of halogens is 1. The molecule has 1 aliphatic rings. The molecule has 2 N–H and O–H groups in total. The molecule has 2 aromatic carbocycles.